The van der Waals surface area contributed by atoms with Gasteiger partial charge in [-0.25, -0.2) is 0 Å². The summed E-state index contributed by atoms with van der Waals surface area (Å²) in [7, 11) is 0. The molecule has 3 atom stereocenters. The normalized spacial score (nSPS) is 25.2. The van der Waals surface area contributed by atoms with Crippen molar-refractivity contribution in [3.63, 3.8) is 0 Å². The zero-order valence-electron chi connectivity index (χ0n) is 14.2. The maximum absolute atomic E-state index is 10.1. The molecule has 21 heavy (non-hydrogen) atoms. The van der Waals surface area contributed by atoms with E-state index in [4.69, 9.17) is 5.26 Å². The van der Waals surface area contributed by atoms with Crippen LogP contribution in [-0.4, -0.2) is 48.3 Å². The molecule has 1 heterocycles. The fourth-order valence-electron chi connectivity index (χ4n) is 3.04. The lowest BCUT2D eigenvalue weighted by atomic mass is 9.86. The van der Waals surface area contributed by atoms with E-state index in [0.717, 1.165) is 38.4 Å². The Morgan fingerprint density at radius 1 is 1.29 bits per heavy atom. The first-order chi connectivity index (χ1) is 9.92. The van der Waals surface area contributed by atoms with Crippen LogP contribution < -0.4 is 5.32 Å². The first-order valence-corrected chi connectivity index (χ1v) is 8.43. The fraction of sp³-hybridized carbons (Fsp3) is 0.941. The van der Waals surface area contributed by atoms with Gasteiger partial charge in [-0.2, -0.15) is 5.26 Å². The van der Waals surface area contributed by atoms with E-state index in [-0.39, 0.29) is 6.10 Å². The van der Waals surface area contributed by atoms with Crippen LogP contribution in [0.15, 0.2) is 0 Å². The molecule has 0 aliphatic carbocycles. The third kappa shape index (κ3) is 7.26. The molecular weight excluding hydrogens is 262 g/mol. The van der Waals surface area contributed by atoms with Crippen molar-refractivity contribution in [3.05, 3.63) is 0 Å². The Kier molecular flexibility index (Phi) is 8.24. The maximum atomic E-state index is 10.1. The van der Waals surface area contributed by atoms with E-state index >= 15 is 0 Å². The van der Waals surface area contributed by atoms with Crippen molar-refractivity contribution >= 4 is 0 Å². The van der Waals surface area contributed by atoms with Crippen molar-refractivity contribution in [2.45, 2.75) is 59.1 Å². The van der Waals surface area contributed by atoms with E-state index in [1.807, 2.05) is 0 Å². The lowest BCUT2D eigenvalue weighted by Crippen LogP contribution is -2.50. The first-order valence-electron chi connectivity index (χ1n) is 8.43. The lowest BCUT2D eigenvalue weighted by Gasteiger charge is -2.38. The van der Waals surface area contributed by atoms with Crippen molar-refractivity contribution in [2.24, 2.45) is 17.8 Å². The zero-order valence-corrected chi connectivity index (χ0v) is 14.2. The molecule has 2 N–H and O–H groups in total. The molecule has 0 radical (unpaired) electrons. The molecule has 0 spiro atoms. The Labute approximate surface area is 130 Å². The highest BCUT2D eigenvalue weighted by Crippen LogP contribution is 2.23. The van der Waals surface area contributed by atoms with Gasteiger partial charge in [0, 0.05) is 19.1 Å². The van der Waals surface area contributed by atoms with Gasteiger partial charge in [0.25, 0.3) is 0 Å². The van der Waals surface area contributed by atoms with Crippen LogP contribution in [0.4, 0.5) is 0 Å². The molecule has 4 nitrogen and oxygen atoms in total. The Morgan fingerprint density at radius 2 is 2.00 bits per heavy atom. The minimum absolute atomic E-state index is 0.228. The Morgan fingerprint density at radius 3 is 2.57 bits per heavy atom. The topological polar surface area (TPSA) is 59.3 Å². The average Bonchev–Trinajstić information content (AvgIpc) is 2.38. The summed E-state index contributed by atoms with van der Waals surface area (Å²) in [5.41, 5.74) is 0. The summed E-state index contributed by atoms with van der Waals surface area (Å²) < 4.78 is 0. The number of nitrogens with one attached hydrogen (secondary N) is 1. The second-order valence-electron chi connectivity index (χ2n) is 7.33. The molecule has 0 aromatic rings. The van der Waals surface area contributed by atoms with E-state index in [0.29, 0.717) is 24.4 Å². The van der Waals surface area contributed by atoms with Crippen molar-refractivity contribution in [2.75, 3.05) is 26.2 Å². The summed E-state index contributed by atoms with van der Waals surface area (Å²) in [6.45, 7) is 12.1. The van der Waals surface area contributed by atoms with Crippen LogP contribution in [0.5, 0.6) is 0 Å². The van der Waals surface area contributed by atoms with Gasteiger partial charge in [0.1, 0.15) is 0 Å². The number of aliphatic hydroxyl groups is 1. The van der Waals surface area contributed by atoms with Crippen LogP contribution in [0.3, 0.4) is 0 Å². The summed E-state index contributed by atoms with van der Waals surface area (Å²) in [6, 6.07) is 2.72. The summed E-state index contributed by atoms with van der Waals surface area (Å²) in [6.07, 6.45) is 2.92. The molecule has 0 aromatic heterocycles. The molecular formula is C17H33N3O. The number of hydrogen-bond acceptors (Lipinski definition) is 4. The summed E-state index contributed by atoms with van der Waals surface area (Å²) >= 11 is 0. The fourth-order valence-corrected chi connectivity index (χ4v) is 3.04. The minimum atomic E-state index is -0.228. The van der Waals surface area contributed by atoms with Crippen LogP contribution in [-0.2, 0) is 0 Å². The SMILES string of the molecule is CC(C)CCNC1CC(CC(O)C(C)C)CN(CC#N)C1. The Hall–Kier alpha value is -0.630. The first kappa shape index (κ1) is 18.4. The van der Waals surface area contributed by atoms with Crippen LogP contribution in [0.1, 0.15) is 47.0 Å². The van der Waals surface area contributed by atoms with Crippen molar-refractivity contribution in [3.8, 4) is 6.07 Å². The van der Waals surface area contributed by atoms with Crippen LogP contribution >= 0.6 is 0 Å². The molecule has 1 fully saturated rings. The van der Waals surface area contributed by atoms with Gasteiger partial charge in [-0.3, -0.25) is 4.90 Å². The summed E-state index contributed by atoms with van der Waals surface area (Å²) in [4.78, 5) is 2.23. The molecule has 1 aliphatic rings. The van der Waals surface area contributed by atoms with Gasteiger partial charge in [0.2, 0.25) is 0 Å². The lowest BCUT2D eigenvalue weighted by molar-refractivity contribution is 0.0652. The number of nitrogens with zero attached hydrogens (tertiary/aromatic N) is 2. The molecule has 0 bridgehead atoms. The predicted molar refractivity (Wildman–Crippen MR) is 86.9 cm³/mol. The van der Waals surface area contributed by atoms with Gasteiger partial charge in [0.05, 0.1) is 18.7 Å². The van der Waals surface area contributed by atoms with Crippen LogP contribution in [0.2, 0.25) is 0 Å². The molecule has 3 unspecified atom stereocenters. The molecule has 0 amide bonds. The molecule has 0 saturated carbocycles. The van der Waals surface area contributed by atoms with Crippen molar-refractivity contribution in [1.82, 2.24) is 10.2 Å². The highest BCUT2D eigenvalue weighted by atomic mass is 16.3. The number of hydrogen-bond donors (Lipinski definition) is 2. The summed E-state index contributed by atoms with van der Waals surface area (Å²) in [5, 5.41) is 22.7. The molecule has 4 heteroatoms. The predicted octanol–water partition coefficient (Wildman–Crippen LogP) is 2.24. The standard InChI is InChI=1S/C17H33N3O/c1-13(2)5-7-19-16-9-15(10-17(21)14(3)4)11-20(12-16)8-6-18/h13-17,19,21H,5,7-12H2,1-4H3. The highest BCUT2D eigenvalue weighted by molar-refractivity contribution is 4.88. The largest absolute Gasteiger partial charge is 0.393 e. The van der Waals surface area contributed by atoms with Gasteiger partial charge in [-0.05, 0) is 43.6 Å². The van der Waals surface area contributed by atoms with Crippen molar-refractivity contribution in [1.29, 1.82) is 5.26 Å². The minimum Gasteiger partial charge on any atom is -0.393 e. The van der Waals surface area contributed by atoms with E-state index in [9.17, 15) is 5.11 Å². The molecule has 1 aliphatic heterocycles. The number of rotatable bonds is 8. The van der Waals surface area contributed by atoms with Gasteiger partial charge in [0.15, 0.2) is 0 Å². The number of likely N-dealkylation sites (tertiary alicyclic amines) is 1. The van der Waals surface area contributed by atoms with E-state index in [1.54, 1.807) is 0 Å². The highest BCUT2D eigenvalue weighted by Gasteiger charge is 2.28. The number of aliphatic hydroxyl groups excluding tert-OH is 1. The van der Waals surface area contributed by atoms with Gasteiger partial charge < -0.3 is 10.4 Å². The smallest absolute Gasteiger partial charge is 0.0866 e. The number of nitriles is 1. The van der Waals surface area contributed by atoms with Gasteiger partial charge in [-0.15, -0.1) is 0 Å². The van der Waals surface area contributed by atoms with Crippen LogP contribution in [0.25, 0.3) is 0 Å². The molecule has 122 valence electrons. The monoisotopic (exact) mass is 295 g/mol. The molecule has 1 saturated heterocycles. The zero-order chi connectivity index (χ0) is 15.8. The second kappa shape index (κ2) is 9.40. The van der Waals surface area contributed by atoms with Gasteiger partial charge in [-0.1, -0.05) is 27.7 Å². The third-order valence-corrected chi connectivity index (χ3v) is 4.41. The van der Waals surface area contributed by atoms with Crippen LogP contribution in [0, 0.1) is 29.1 Å². The van der Waals surface area contributed by atoms with Crippen molar-refractivity contribution < 1.29 is 5.11 Å². The molecule has 0 aromatic carbocycles. The third-order valence-electron chi connectivity index (χ3n) is 4.41. The van der Waals surface area contributed by atoms with E-state index < -0.39 is 0 Å². The van der Waals surface area contributed by atoms with E-state index in [2.05, 4.69) is 44.0 Å². The Balaban J connectivity index is 2.49. The quantitative estimate of drug-likeness (QED) is 0.674. The Bertz CT molecular complexity index is 324. The summed E-state index contributed by atoms with van der Waals surface area (Å²) in [5.74, 6) is 1.51. The molecule has 1 rings (SSSR count). The number of piperidine rings is 1. The maximum Gasteiger partial charge on any atom is 0.0866 e. The second-order valence-corrected chi connectivity index (χ2v) is 7.33. The van der Waals surface area contributed by atoms with E-state index in [1.165, 1.54) is 6.42 Å². The van der Waals surface area contributed by atoms with Gasteiger partial charge >= 0.3 is 0 Å². The average molecular weight is 295 g/mol.